The van der Waals surface area contributed by atoms with Crippen molar-refractivity contribution in [1.29, 1.82) is 0 Å². The predicted octanol–water partition coefficient (Wildman–Crippen LogP) is 22.4. The van der Waals surface area contributed by atoms with Crippen LogP contribution in [0.5, 0.6) is 0 Å². The number of ether oxygens (including phenoxy) is 3. The van der Waals surface area contributed by atoms with Gasteiger partial charge in [0, 0.05) is 19.3 Å². The van der Waals surface area contributed by atoms with Crippen LogP contribution in [0.1, 0.15) is 316 Å². The number of esters is 3. The van der Waals surface area contributed by atoms with Crippen molar-refractivity contribution in [3.05, 3.63) is 97.2 Å². The molecule has 0 aliphatic heterocycles. The minimum absolute atomic E-state index is 0.0843. The Morgan fingerprint density at radius 3 is 0.805 bits per heavy atom. The topological polar surface area (TPSA) is 78.9 Å². The van der Waals surface area contributed by atoms with Crippen molar-refractivity contribution in [1.82, 2.24) is 0 Å². The highest BCUT2D eigenvalue weighted by atomic mass is 16.6. The molecule has 1 atom stereocenters. The van der Waals surface area contributed by atoms with E-state index < -0.39 is 6.10 Å². The van der Waals surface area contributed by atoms with Gasteiger partial charge in [0.05, 0.1) is 0 Å². The largest absolute Gasteiger partial charge is 0.462 e. The van der Waals surface area contributed by atoms with Crippen LogP contribution in [0.3, 0.4) is 0 Å². The summed E-state index contributed by atoms with van der Waals surface area (Å²) in [6.45, 7) is 6.52. The second-order valence-electron chi connectivity index (χ2n) is 21.6. The highest BCUT2D eigenvalue weighted by Crippen LogP contribution is 2.16. The molecule has 0 rings (SSSR count). The summed E-state index contributed by atoms with van der Waals surface area (Å²) in [4.78, 5) is 38.3. The van der Waals surface area contributed by atoms with Gasteiger partial charge in [-0.3, -0.25) is 14.4 Å². The molecule has 0 aromatic heterocycles. The number of carbonyl (C=O) groups excluding carboxylic acids is 3. The van der Waals surface area contributed by atoms with E-state index in [4.69, 9.17) is 14.2 Å². The fraction of sp³-hybridized carbons (Fsp3) is 0.732. The first-order chi connectivity index (χ1) is 38.0. The molecular weight excluding hydrogens is 949 g/mol. The van der Waals surface area contributed by atoms with Gasteiger partial charge in [-0.2, -0.15) is 0 Å². The summed E-state index contributed by atoms with van der Waals surface area (Å²) in [5.41, 5.74) is 0. The van der Waals surface area contributed by atoms with Gasteiger partial charge in [0.1, 0.15) is 13.2 Å². The molecule has 0 aliphatic carbocycles. The molecule has 0 saturated carbocycles. The van der Waals surface area contributed by atoms with Crippen molar-refractivity contribution >= 4 is 17.9 Å². The van der Waals surface area contributed by atoms with Crippen LogP contribution < -0.4 is 0 Å². The Kier molecular flexibility index (Phi) is 61.8. The molecule has 0 spiro atoms. The molecule has 442 valence electrons. The van der Waals surface area contributed by atoms with E-state index in [1.807, 2.05) is 0 Å². The molecule has 0 aromatic carbocycles. The molecule has 0 fully saturated rings. The first-order valence-corrected chi connectivity index (χ1v) is 32.7. The molecule has 0 amide bonds. The molecule has 6 nitrogen and oxygen atoms in total. The molecule has 0 N–H and O–H groups in total. The third kappa shape index (κ3) is 63.0. The van der Waals surface area contributed by atoms with E-state index in [-0.39, 0.29) is 31.1 Å². The van der Waals surface area contributed by atoms with Gasteiger partial charge < -0.3 is 14.2 Å². The quantitative estimate of drug-likeness (QED) is 0.0261. The van der Waals surface area contributed by atoms with E-state index in [2.05, 4.69) is 118 Å². The monoisotopic (exact) mass is 1070 g/mol. The van der Waals surface area contributed by atoms with Crippen LogP contribution in [-0.2, 0) is 28.6 Å². The van der Waals surface area contributed by atoms with Crippen LogP contribution in [0.25, 0.3) is 0 Å². The van der Waals surface area contributed by atoms with Gasteiger partial charge in [-0.25, -0.2) is 0 Å². The van der Waals surface area contributed by atoms with E-state index in [0.717, 1.165) is 116 Å². The number of rotatable bonds is 59. The molecule has 0 aromatic rings. The summed E-state index contributed by atoms with van der Waals surface area (Å²) >= 11 is 0. The summed E-state index contributed by atoms with van der Waals surface area (Å²) < 4.78 is 16.9. The first-order valence-electron chi connectivity index (χ1n) is 32.7. The molecule has 0 saturated heterocycles. The van der Waals surface area contributed by atoms with Gasteiger partial charge in [-0.15, -0.1) is 0 Å². The van der Waals surface area contributed by atoms with E-state index in [9.17, 15) is 14.4 Å². The summed E-state index contributed by atoms with van der Waals surface area (Å²) in [7, 11) is 0. The maximum atomic E-state index is 12.9. The third-order valence-corrected chi connectivity index (χ3v) is 14.0. The lowest BCUT2D eigenvalue weighted by molar-refractivity contribution is -0.167. The van der Waals surface area contributed by atoms with Gasteiger partial charge in [-0.1, -0.05) is 272 Å². The van der Waals surface area contributed by atoms with Crippen LogP contribution in [-0.4, -0.2) is 37.2 Å². The van der Waals surface area contributed by atoms with Gasteiger partial charge in [0.2, 0.25) is 0 Å². The Balaban J connectivity index is 4.30. The summed E-state index contributed by atoms with van der Waals surface area (Å²) in [5, 5.41) is 0. The van der Waals surface area contributed by atoms with Crippen LogP contribution >= 0.6 is 0 Å². The van der Waals surface area contributed by atoms with E-state index in [1.165, 1.54) is 161 Å². The van der Waals surface area contributed by atoms with E-state index in [1.54, 1.807) is 0 Å². The standard InChI is InChI=1S/C71H122O6/c1-4-7-10-13-16-19-22-25-28-30-31-32-33-34-35-36-37-38-39-40-41-42-44-46-49-52-55-58-61-64-70(73)76-67-68(66-75-69(72)63-60-57-54-51-48-45-27-24-21-18-15-12-9-6-3)77-71(74)65-62-59-56-53-50-47-43-29-26-23-20-17-14-11-8-5-2/h7,10,16,19,24-25,27-29,31-32,34-35,37-38,43,68H,4-6,8-9,11-15,17-18,20-23,26,30,33,36,39-42,44-67H2,1-3H3/b10-7-,19-16-,27-24-,28-25-,32-31-,35-34-,38-37-,43-29-. The van der Waals surface area contributed by atoms with Gasteiger partial charge >= 0.3 is 17.9 Å². The maximum absolute atomic E-state index is 12.9. The second-order valence-corrected chi connectivity index (χ2v) is 21.6. The maximum Gasteiger partial charge on any atom is 0.306 e. The van der Waals surface area contributed by atoms with E-state index >= 15 is 0 Å². The van der Waals surface area contributed by atoms with Crippen molar-refractivity contribution in [2.45, 2.75) is 322 Å². The van der Waals surface area contributed by atoms with Gasteiger partial charge in [0.15, 0.2) is 6.10 Å². The summed E-state index contributed by atoms with van der Waals surface area (Å²) in [6.07, 6.45) is 87.0. The van der Waals surface area contributed by atoms with Crippen LogP contribution in [0.4, 0.5) is 0 Å². The van der Waals surface area contributed by atoms with Crippen molar-refractivity contribution in [2.75, 3.05) is 13.2 Å². The minimum atomic E-state index is -0.788. The zero-order valence-electron chi connectivity index (χ0n) is 50.7. The molecule has 0 bridgehead atoms. The lowest BCUT2D eigenvalue weighted by Gasteiger charge is -2.18. The Hall–Kier alpha value is -3.67. The molecule has 0 aliphatic rings. The number of hydrogen-bond donors (Lipinski definition) is 0. The first kappa shape index (κ1) is 73.3. The molecule has 1 unspecified atom stereocenters. The number of carbonyl (C=O) groups is 3. The number of hydrogen-bond acceptors (Lipinski definition) is 6. The molecule has 77 heavy (non-hydrogen) atoms. The predicted molar refractivity (Wildman–Crippen MR) is 334 cm³/mol. The molecule has 0 radical (unpaired) electrons. The number of unbranched alkanes of at least 4 members (excludes halogenated alkanes) is 32. The molecule has 6 heteroatoms. The Bertz CT molecular complexity index is 1510. The Morgan fingerprint density at radius 2 is 0.506 bits per heavy atom. The lowest BCUT2D eigenvalue weighted by Crippen LogP contribution is -2.30. The zero-order chi connectivity index (χ0) is 55.7. The molecule has 0 heterocycles. The lowest BCUT2D eigenvalue weighted by atomic mass is 10.1. The Labute approximate surface area is 477 Å². The fourth-order valence-electron chi connectivity index (χ4n) is 9.14. The third-order valence-electron chi connectivity index (χ3n) is 14.0. The van der Waals surface area contributed by atoms with Crippen molar-refractivity contribution in [2.24, 2.45) is 0 Å². The van der Waals surface area contributed by atoms with E-state index in [0.29, 0.717) is 19.3 Å². The normalized spacial score (nSPS) is 12.7. The number of allylic oxidation sites excluding steroid dienone is 16. The van der Waals surface area contributed by atoms with Gasteiger partial charge in [0.25, 0.3) is 0 Å². The highest BCUT2D eigenvalue weighted by molar-refractivity contribution is 5.71. The average Bonchev–Trinajstić information content (AvgIpc) is 3.43. The second kappa shape index (κ2) is 64.9. The summed E-state index contributed by atoms with van der Waals surface area (Å²) in [5.74, 6) is -0.895. The van der Waals surface area contributed by atoms with Crippen LogP contribution in [0.15, 0.2) is 97.2 Å². The highest BCUT2D eigenvalue weighted by Gasteiger charge is 2.19. The van der Waals surface area contributed by atoms with Crippen LogP contribution in [0, 0.1) is 0 Å². The van der Waals surface area contributed by atoms with Crippen LogP contribution in [0.2, 0.25) is 0 Å². The minimum Gasteiger partial charge on any atom is -0.462 e. The SMILES string of the molecule is CC/C=C\C/C=C\C/C=C\C/C=C\C/C=C\C/C=C\CCCCCCCCCCCCC(=O)OCC(COC(=O)CCCCCCC/C=C\CCCCCCC)OC(=O)CCCCCCC/C=C\CCCCCCCCC. The molecular formula is C71H122O6. The zero-order valence-corrected chi connectivity index (χ0v) is 50.7. The smallest absolute Gasteiger partial charge is 0.306 e. The van der Waals surface area contributed by atoms with Gasteiger partial charge in [-0.05, 0) is 122 Å². The average molecular weight is 1070 g/mol. The van der Waals surface area contributed by atoms with Crippen molar-refractivity contribution < 1.29 is 28.6 Å². The van der Waals surface area contributed by atoms with Crippen molar-refractivity contribution in [3.8, 4) is 0 Å². The fourth-order valence-corrected chi connectivity index (χ4v) is 9.14. The van der Waals surface area contributed by atoms with Crippen molar-refractivity contribution in [3.63, 3.8) is 0 Å². The Morgan fingerprint density at radius 1 is 0.273 bits per heavy atom. The summed E-state index contributed by atoms with van der Waals surface area (Å²) in [6, 6.07) is 0.